The SMILES string of the molecule is CC(C)OSCCCN1CCCCC1C1CCCN(CC(C)S(=O)(=O)OC(C)C)C1. The molecule has 178 valence electrons. The molecule has 0 aromatic carbocycles. The first kappa shape index (κ1) is 26.4. The Hall–Kier alpha value is 0.140. The van der Waals surface area contributed by atoms with Gasteiger partial charge in [-0.05, 0) is 104 Å². The maximum absolute atomic E-state index is 12.4. The molecular formula is C22H44N2O4S2. The summed E-state index contributed by atoms with van der Waals surface area (Å²) in [5.74, 6) is 1.68. The predicted molar refractivity (Wildman–Crippen MR) is 126 cm³/mol. The molecule has 0 bridgehead atoms. The molecule has 2 fully saturated rings. The highest BCUT2D eigenvalue weighted by molar-refractivity contribution is 7.94. The van der Waals surface area contributed by atoms with Crippen LogP contribution in [-0.2, 0) is 18.5 Å². The standard InChI is InChI=1S/C22H44N2O4S2/c1-18(2)27-29-15-9-14-24-13-7-6-11-22(24)21-10-8-12-23(17-21)16-20(5)30(25,26)28-19(3)4/h18-22H,6-17H2,1-5H3. The van der Waals surface area contributed by atoms with Crippen molar-refractivity contribution in [1.82, 2.24) is 9.80 Å². The molecule has 8 heteroatoms. The van der Waals surface area contributed by atoms with E-state index in [2.05, 4.69) is 23.6 Å². The Kier molecular flexibility index (Phi) is 11.4. The van der Waals surface area contributed by atoms with Crippen LogP contribution in [0.4, 0.5) is 0 Å². The van der Waals surface area contributed by atoms with Crippen molar-refractivity contribution in [3.8, 4) is 0 Å². The quantitative estimate of drug-likeness (QED) is 0.244. The van der Waals surface area contributed by atoms with Crippen LogP contribution >= 0.6 is 12.0 Å². The van der Waals surface area contributed by atoms with Crippen LogP contribution in [0.1, 0.15) is 73.1 Å². The van der Waals surface area contributed by atoms with Gasteiger partial charge in [0.2, 0.25) is 0 Å². The van der Waals surface area contributed by atoms with Crippen LogP contribution in [0, 0.1) is 5.92 Å². The number of hydrogen-bond acceptors (Lipinski definition) is 7. The van der Waals surface area contributed by atoms with E-state index in [1.54, 1.807) is 32.8 Å². The molecule has 0 saturated carbocycles. The molecule has 30 heavy (non-hydrogen) atoms. The minimum atomic E-state index is -3.50. The van der Waals surface area contributed by atoms with Gasteiger partial charge in [0.25, 0.3) is 10.1 Å². The molecule has 2 aliphatic heterocycles. The van der Waals surface area contributed by atoms with Crippen molar-refractivity contribution in [2.24, 2.45) is 5.92 Å². The number of rotatable bonds is 12. The van der Waals surface area contributed by atoms with Crippen LogP contribution < -0.4 is 0 Å². The molecule has 2 rings (SSSR count). The third kappa shape index (κ3) is 8.94. The molecule has 0 aromatic heterocycles. The van der Waals surface area contributed by atoms with E-state index in [0.717, 1.165) is 38.2 Å². The van der Waals surface area contributed by atoms with Crippen molar-refractivity contribution in [1.29, 1.82) is 0 Å². The Morgan fingerprint density at radius 1 is 1.00 bits per heavy atom. The van der Waals surface area contributed by atoms with Crippen molar-refractivity contribution in [3.63, 3.8) is 0 Å². The average Bonchev–Trinajstić information content (AvgIpc) is 2.67. The zero-order valence-corrected chi connectivity index (χ0v) is 21.3. The van der Waals surface area contributed by atoms with Crippen molar-refractivity contribution in [2.45, 2.75) is 96.6 Å². The minimum absolute atomic E-state index is 0.281. The van der Waals surface area contributed by atoms with E-state index >= 15 is 0 Å². The second-order valence-corrected chi connectivity index (χ2v) is 12.3. The predicted octanol–water partition coefficient (Wildman–Crippen LogP) is 4.16. The van der Waals surface area contributed by atoms with Crippen molar-refractivity contribution in [3.05, 3.63) is 0 Å². The fourth-order valence-electron chi connectivity index (χ4n) is 4.73. The molecule has 2 aliphatic rings. The minimum Gasteiger partial charge on any atom is -0.313 e. The van der Waals surface area contributed by atoms with Gasteiger partial charge in [0, 0.05) is 24.9 Å². The van der Waals surface area contributed by atoms with Gasteiger partial charge in [-0.1, -0.05) is 6.42 Å². The fourth-order valence-corrected chi connectivity index (χ4v) is 6.46. The first-order valence-electron chi connectivity index (χ1n) is 11.9. The van der Waals surface area contributed by atoms with E-state index in [0.29, 0.717) is 18.5 Å². The number of piperidine rings is 2. The third-order valence-electron chi connectivity index (χ3n) is 6.02. The molecule has 6 nitrogen and oxygen atoms in total. The Bertz CT molecular complexity index is 586. The lowest BCUT2D eigenvalue weighted by Crippen LogP contribution is -2.51. The number of likely N-dealkylation sites (tertiary alicyclic amines) is 2. The Labute approximate surface area is 189 Å². The smallest absolute Gasteiger partial charge is 0.271 e. The summed E-state index contributed by atoms with van der Waals surface area (Å²) in [6.07, 6.45) is 7.44. The summed E-state index contributed by atoms with van der Waals surface area (Å²) in [7, 11) is -3.50. The van der Waals surface area contributed by atoms with Crippen molar-refractivity contribution in [2.75, 3.05) is 38.5 Å². The van der Waals surface area contributed by atoms with E-state index < -0.39 is 15.4 Å². The fraction of sp³-hybridized carbons (Fsp3) is 1.00. The normalized spacial score (nSPS) is 25.8. The summed E-state index contributed by atoms with van der Waals surface area (Å²) >= 11 is 1.60. The largest absolute Gasteiger partial charge is 0.313 e. The highest BCUT2D eigenvalue weighted by atomic mass is 32.2. The van der Waals surface area contributed by atoms with E-state index in [1.165, 1.54) is 32.2 Å². The van der Waals surface area contributed by atoms with E-state index in [4.69, 9.17) is 8.37 Å². The summed E-state index contributed by atoms with van der Waals surface area (Å²) in [6, 6.07) is 0.636. The lowest BCUT2D eigenvalue weighted by atomic mass is 9.84. The summed E-state index contributed by atoms with van der Waals surface area (Å²) in [5, 5.41) is -0.487. The summed E-state index contributed by atoms with van der Waals surface area (Å²) in [5.41, 5.74) is 0. The number of hydrogen-bond donors (Lipinski definition) is 0. The van der Waals surface area contributed by atoms with Gasteiger partial charge in [-0.3, -0.25) is 4.18 Å². The third-order valence-corrected chi connectivity index (χ3v) is 8.78. The van der Waals surface area contributed by atoms with Gasteiger partial charge in [0.05, 0.1) is 17.5 Å². The van der Waals surface area contributed by atoms with Gasteiger partial charge in [-0.25, -0.2) is 0 Å². The van der Waals surface area contributed by atoms with E-state index in [9.17, 15) is 8.42 Å². The monoisotopic (exact) mass is 464 g/mol. The Balaban J connectivity index is 1.85. The second-order valence-electron chi connectivity index (χ2n) is 9.53. The van der Waals surface area contributed by atoms with Crippen molar-refractivity contribution < 1.29 is 16.8 Å². The van der Waals surface area contributed by atoms with Gasteiger partial charge in [0.15, 0.2) is 0 Å². The molecule has 2 saturated heterocycles. The number of nitrogens with zero attached hydrogens (tertiary/aromatic N) is 2. The highest BCUT2D eigenvalue weighted by Crippen LogP contribution is 2.30. The molecule has 0 spiro atoms. The van der Waals surface area contributed by atoms with Crippen LogP contribution in [0.5, 0.6) is 0 Å². The maximum atomic E-state index is 12.4. The highest BCUT2D eigenvalue weighted by Gasteiger charge is 2.34. The molecular weight excluding hydrogens is 420 g/mol. The van der Waals surface area contributed by atoms with Crippen LogP contribution in [-0.4, -0.2) is 80.2 Å². The molecule has 3 atom stereocenters. The van der Waals surface area contributed by atoms with E-state index in [-0.39, 0.29) is 12.2 Å². The van der Waals surface area contributed by atoms with Crippen LogP contribution in [0.15, 0.2) is 0 Å². The molecule has 0 aromatic rings. The van der Waals surface area contributed by atoms with Gasteiger partial charge in [-0.2, -0.15) is 8.42 Å². The molecule has 2 heterocycles. The first-order valence-corrected chi connectivity index (χ1v) is 14.2. The van der Waals surface area contributed by atoms with Gasteiger partial charge >= 0.3 is 0 Å². The molecule has 0 amide bonds. The Morgan fingerprint density at radius 2 is 1.77 bits per heavy atom. The molecule has 3 unspecified atom stereocenters. The summed E-state index contributed by atoms with van der Waals surface area (Å²) in [6.45, 7) is 14.4. The van der Waals surface area contributed by atoms with E-state index in [1.807, 2.05) is 0 Å². The molecule has 0 radical (unpaired) electrons. The lowest BCUT2D eigenvalue weighted by Gasteiger charge is -2.44. The van der Waals surface area contributed by atoms with Gasteiger partial charge in [0.1, 0.15) is 0 Å². The zero-order chi connectivity index (χ0) is 22.1. The maximum Gasteiger partial charge on any atom is 0.271 e. The average molecular weight is 465 g/mol. The Morgan fingerprint density at radius 3 is 2.47 bits per heavy atom. The van der Waals surface area contributed by atoms with Gasteiger partial charge < -0.3 is 14.0 Å². The molecule has 0 aliphatic carbocycles. The van der Waals surface area contributed by atoms with Crippen LogP contribution in [0.3, 0.4) is 0 Å². The van der Waals surface area contributed by atoms with Crippen LogP contribution in [0.2, 0.25) is 0 Å². The summed E-state index contributed by atoms with van der Waals surface area (Å²) < 4.78 is 35.6. The lowest BCUT2D eigenvalue weighted by molar-refractivity contribution is 0.0533. The second kappa shape index (κ2) is 13.0. The zero-order valence-electron chi connectivity index (χ0n) is 19.7. The summed E-state index contributed by atoms with van der Waals surface area (Å²) in [4.78, 5) is 5.06. The molecule has 0 N–H and O–H groups in total. The van der Waals surface area contributed by atoms with Crippen molar-refractivity contribution >= 4 is 22.2 Å². The first-order chi connectivity index (χ1) is 14.2. The van der Waals surface area contributed by atoms with Crippen LogP contribution in [0.25, 0.3) is 0 Å². The van der Waals surface area contributed by atoms with Gasteiger partial charge in [-0.15, -0.1) is 0 Å². The topological polar surface area (TPSA) is 59.1 Å².